The van der Waals surface area contributed by atoms with Gasteiger partial charge in [-0.1, -0.05) is 6.92 Å². The Morgan fingerprint density at radius 1 is 1.16 bits per heavy atom. The van der Waals surface area contributed by atoms with Crippen molar-refractivity contribution in [2.75, 3.05) is 32.8 Å². The Balaban J connectivity index is 1.68. The lowest BCUT2D eigenvalue weighted by Crippen LogP contribution is -2.27. The van der Waals surface area contributed by atoms with Crippen LogP contribution in [0.1, 0.15) is 19.8 Å². The third-order valence-electron chi connectivity index (χ3n) is 3.22. The van der Waals surface area contributed by atoms with Gasteiger partial charge in [0.15, 0.2) is 0 Å². The normalized spacial score (nSPS) is 19.6. The maximum absolute atomic E-state index is 9.42. The molecular weight excluding hydrogens is 242 g/mol. The topological polar surface area (TPSA) is 41.9 Å². The van der Waals surface area contributed by atoms with E-state index in [0.29, 0.717) is 6.61 Å². The van der Waals surface area contributed by atoms with Crippen LogP contribution in [0.5, 0.6) is 11.5 Å². The molecule has 0 unspecified atom stereocenters. The fourth-order valence-corrected chi connectivity index (χ4v) is 2.16. The van der Waals surface area contributed by atoms with Crippen molar-refractivity contribution in [2.45, 2.75) is 25.9 Å². The highest BCUT2D eigenvalue weighted by molar-refractivity contribution is 5.31. The van der Waals surface area contributed by atoms with Gasteiger partial charge in [0.2, 0.25) is 0 Å². The molecule has 2 rings (SSSR count). The summed E-state index contributed by atoms with van der Waals surface area (Å²) >= 11 is 0. The van der Waals surface area contributed by atoms with Crippen molar-refractivity contribution in [2.24, 2.45) is 0 Å². The lowest BCUT2D eigenvalue weighted by molar-refractivity contribution is 0.167. The highest BCUT2D eigenvalue weighted by atomic mass is 16.5. The van der Waals surface area contributed by atoms with E-state index < -0.39 is 0 Å². The van der Waals surface area contributed by atoms with Gasteiger partial charge in [0.25, 0.3) is 0 Å². The number of β-amino-alcohol motifs (C(OH)–C–C–N with tert-alkyl or cyclic N) is 1. The van der Waals surface area contributed by atoms with Gasteiger partial charge in [-0.3, -0.25) is 4.90 Å². The quantitative estimate of drug-likeness (QED) is 0.818. The van der Waals surface area contributed by atoms with Gasteiger partial charge in [-0.15, -0.1) is 0 Å². The molecule has 0 saturated carbocycles. The molecule has 4 nitrogen and oxygen atoms in total. The second-order valence-corrected chi connectivity index (χ2v) is 4.91. The molecule has 0 spiro atoms. The number of likely N-dealkylation sites (tertiary alicyclic amines) is 1. The summed E-state index contributed by atoms with van der Waals surface area (Å²) in [6.07, 6.45) is 1.73. The van der Waals surface area contributed by atoms with Crippen LogP contribution in [0, 0.1) is 0 Å². The molecule has 0 radical (unpaired) electrons. The van der Waals surface area contributed by atoms with Crippen LogP contribution >= 0.6 is 0 Å². The van der Waals surface area contributed by atoms with Crippen LogP contribution < -0.4 is 9.47 Å². The second kappa shape index (κ2) is 7.36. The van der Waals surface area contributed by atoms with Gasteiger partial charge in [0.1, 0.15) is 18.1 Å². The Labute approximate surface area is 114 Å². The lowest BCUT2D eigenvalue weighted by atomic mass is 10.3. The molecule has 1 fully saturated rings. The zero-order valence-electron chi connectivity index (χ0n) is 11.5. The fraction of sp³-hybridized carbons (Fsp3) is 0.600. The third kappa shape index (κ3) is 4.73. The molecule has 1 aromatic rings. The summed E-state index contributed by atoms with van der Waals surface area (Å²) in [4.78, 5) is 2.23. The summed E-state index contributed by atoms with van der Waals surface area (Å²) < 4.78 is 11.2. The molecule has 0 aliphatic carbocycles. The van der Waals surface area contributed by atoms with E-state index in [4.69, 9.17) is 9.47 Å². The zero-order valence-corrected chi connectivity index (χ0v) is 11.5. The summed E-state index contributed by atoms with van der Waals surface area (Å²) in [7, 11) is 0. The van der Waals surface area contributed by atoms with E-state index >= 15 is 0 Å². The number of rotatable bonds is 7. The molecule has 1 aromatic carbocycles. The van der Waals surface area contributed by atoms with Crippen LogP contribution in [0.2, 0.25) is 0 Å². The number of hydrogen-bond acceptors (Lipinski definition) is 4. The maximum Gasteiger partial charge on any atom is 0.119 e. The lowest BCUT2D eigenvalue weighted by Gasteiger charge is -2.15. The van der Waals surface area contributed by atoms with Gasteiger partial charge < -0.3 is 14.6 Å². The Morgan fingerprint density at radius 2 is 1.79 bits per heavy atom. The summed E-state index contributed by atoms with van der Waals surface area (Å²) in [6, 6.07) is 7.74. The minimum Gasteiger partial charge on any atom is -0.494 e. The van der Waals surface area contributed by atoms with Crippen molar-refractivity contribution in [1.82, 2.24) is 4.90 Å². The first-order valence-electron chi connectivity index (χ1n) is 7.04. The molecule has 0 bridgehead atoms. The molecule has 0 aromatic heterocycles. The molecule has 1 saturated heterocycles. The first kappa shape index (κ1) is 14.2. The minimum atomic E-state index is -0.157. The molecule has 1 N–H and O–H groups in total. The molecule has 1 heterocycles. The highest BCUT2D eigenvalue weighted by Gasteiger charge is 2.19. The number of ether oxygens (including phenoxy) is 2. The van der Waals surface area contributed by atoms with Crippen LogP contribution in [0.25, 0.3) is 0 Å². The molecule has 1 aliphatic rings. The van der Waals surface area contributed by atoms with E-state index in [1.807, 2.05) is 24.3 Å². The summed E-state index contributed by atoms with van der Waals surface area (Å²) in [5.74, 6) is 1.75. The summed E-state index contributed by atoms with van der Waals surface area (Å²) in [5, 5.41) is 9.42. The van der Waals surface area contributed by atoms with Crippen LogP contribution in [0.4, 0.5) is 0 Å². The molecule has 1 aliphatic heterocycles. The molecule has 0 amide bonds. The summed E-state index contributed by atoms with van der Waals surface area (Å²) in [6.45, 7) is 6.10. The number of hydrogen-bond donors (Lipinski definition) is 1. The zero-order chi connectivity index (χ0) is 13.5. The number of nitrogens with zero attached hydrogens (tertiary/aromatic N) is 1. The minimum absolute atomic E-state index is 0.157. The van der Waals surface area contributed by atoms with Crippen molar-refractivity contribution in [3.63, 3.8) is 0 Å². The predicted molar refractivity (Wildman–Crippen MR) is 74.8 cm³/mol. The van der Waals surface area contributed by atoms with Gasteiger partial charge in [-0.2, -0.15) is 0 Å². The standard InChI is InChI=1S/C15H23NO3/c1-2-10-18-14-3-5-15(6-4-14)19-11-9-16-8-7-13(17)12-16/h3-6,13,17H,2,7-12H2,1H3/t13-/m1/s1. The third-order valence-corrected chi connectivity index (χ3v) is 3.22. The van der Waals surface area contributed by atoms with Crippen molar-refractivity contribution >= 4 is 0 Å². The maximum atomic E-state index is 9.42. The van der Waals surface area contributed by atoms with Crippen LogP contribution in [0.3, 0.4) is 0 Å². The Kier molecular flexibility index (Phi) is 5.48. The predicted octanol–water partition coefficient (Wildman–Crippen LogP) is 1.92. The van der Waals surface area contributed by atoms with E-state index in [1.54, 1.807) is 0 Å². The Hall–Kier alpha value is -1.26. The molecule has 19 heavy (non-hydrogen) atoms. The fourth-order valence-electron chi connectivity index (χ4n) is 2.16. The van der Waals surface area contributed by atoms with Crippen molar-refractivity contribution in [1.29, 1.82) is 0 Å². The molecule has 106 valence electrons. The van der Waals surface area contributed by atoms with Crippen molar-refractivity contribution in [3.05, 3.63) is 24.3 Å². The number of aliphatic hydroxyl groups is 1. The van der Waals surface area contributed by atoms with E-state index in [0.717, 1.165) is 50.6 Å². The molecular formula is C15H23NO3. The van der Waals surface area contributed by atoms with E-state index in [-0.39, 0.29) is 6.10 Å². The van der Waals surface area contributed by atoms with Crippen LogP contribution in [-0.2, 0) is 0 Å². The van der Waals surface area contributed by atoms with E-state index in [9.17, 15) is 5.11 Å². The van der Waals surface area contributed by atoms with Gasteiger partial charge in [0, 0.05) is 19.6 Å². The van der Waals surface area contributed by atoms with Gasteiger partial charge >= 0.3 is 0 Å². The first-order chi connectivity index (χ1) is 9.28. The van der Waals surface area contributed by atoms with Crippen LogP contribution in [0.15, 0.2) is 24.3 Å². The van der Waals surface area contributed by atoms with Crippen molar-refractivity contribution in [3.8, 4) is 11.5 Å². The largest absolute Gasteiger partial charge is 0.494 e. The van der Waals surface area contributed by atoms with Crippen LogP contribution in [-0.4, -0.2) is 49.0 Å². The monoisotopic (exact) mass is 265 g/mol. The Bertz CT molecular complexity index is 366. The number of benzene rings is 1. The van der Waals surface area contributed by atoms with Gasteiger partial charge in [0.05, 0.1) is 12.7 Å². The van der Waals surface area contributed by atoms with Gasteiger partial charge in [-0.25, -0.2) is 0 Å². The summed E-state index contributed by atoms with van der Waals surface area (Å²) in [5.41, 5.74) is 0. The molecule has 4 heteroatoms. The van der Waals surface area contributed by atoms with E-state index in [1.165, 1.54) is 0 Å². The Morgan fingerprint density at radius 3 is 2.32 bits per heavy atom. The van der Waals surface area contributed by atoms with Gasteiger partial charge in [-0.05, 0) is 37.1 Å². The average Bonchev–Trinajstić information content (AvgIpc) is 2.84. The number of aliphatic hydroxyl groups excluding tert-OH is 1. The first-order valence-corrected chi connectivity index (χ1v) is 7.04. The smallest absolute Gasteiger partial charge is 0.119 e. The second-order valence-electron chi connectivity index (χ2n) is 4.91. The average molecular weight is 265 g/mol. The van der Waals surface area contributed by atoms with E-state index in [2.05, 4.69) is 11.8 Å². The van der Waals surface area contributed by atoms with Crippen molar-refractivity contribution < 1.29 is 14.6 Å². The highest BCUT2D eigenvalue weighted by Crippen LogP contribution is 2.18. The SMILES string of the molecule is CCCOc1ccc(OCCN2CC[C@@H](O)C2)cc1. The molecule has 1 atom stereocenters.